The summed E-state index contributed by atoms with van der Waals surface area (Å²) in [5.41, 5.74) is 7.36. The number of halogens is 1. The van der Waals surface area contributed by atoms with Crippen molar-refractivity contribution in [3.05, 3.63) is 34.9 Å². The first-order valence-corrected chi connectivity index (χ1v) is 6.14. The van der Waals surface area contributed by atoms with Crippen LogP contribution in [0.3, 0.4) is 0 Å². The Kier molecular flexibility index (Phi) is 3.66. The first-order valence-electron chi connectivity index (χ1n) is 5.77. The molecule has 0 aliphatic heterocycles. The van der Waals surface area contributed by atoms with E-state index in [-0.39, 0.29) is 0 Å². The maximum Gasteiger partial charge on any atom is 0.0408 e. The van der Waals surface area contributed by atoms with Crippen LogP contribution in [0.2, 0.25) is 5.02 Å². The van der Waals surface area contributed by atoms with Gasteiger partial charge in [0.1, 0.15) is 0 Å². The lowest BCUT2D eigenvalue weighted by atomic mass is 9.92. The second-order valence-corrected chi connectivity index (χ2v) is 4.96. The van der Waals surface area contributed by atoms with Gasteiger partial charge in [0.05, 0.1) is 0 Å². The van der Waals surface area contributed by atoms with E-state index in [0.29, 0.717) is 12.0 Å². The predicted molar refractivity (Wildman–Crippen MR) is 65.3 cm³/mol. The number of rotatable bonds is 1. The van der Waals surface area contributed by atoms with E-state index < -0.39 is 0 Å². The summed E-state index contributed by atoms with van der Waals surface area (Å²) in [6.45, 7) is 0. The molecule has 0 spiro atoms. The summed E-state index contributed by atoms with van der Waals surface area (Å²) in [6, 6.07) is 8.68. The molecule has 1 aliphatic rings. The molecule has 0 aromatic heterocycles. The third-order valence-corrected chi connectivity index (χ3v) is 3.57. The molecule has 1 aliphatic carbocycles. The molecule has 0 heterocycles. The zero-order valence-corrected chi connectivity index (χ0v) is 9.71. The lowest BCUT2D eigenvalue weighted by molar-refractivity contribution is 0.568. The SMILES string of the molecule is NC1CCCC(c2cccc(Cl)c2)CC1. The van der Waals surface area contributed by atoms with Crippen LogP contribution in [-0.4, -0.2) is 6.04 Å². The topological polar surface area (TPSA) is 26.0 Å². The zero-order chi connectivity index (χ0) is 10.7. The van der Waals surface area contributed by atoms with Crippen molar-refractivity contribution in [2.75, 3.05) is 0 Å². The largest absolute Gasteiger partial charge is 0.328 e. The number of hydrogen-bond acceptors (Lipinski definition) is 1. The first kappa shape index (κ1) is 11.0. The van der Waals surface area contributed by atoms with E-state index in [2.05, 4.69) is 12.1 Å². The summed E-state index contributed by atoms with van der Waals surface area (Å²) < 4.78 is 0. The quantitative estimate of drug-likeness (QED) is 0.722. The van der Waals surface area contributed by atoms with Gasteiger partial charge in [-0.3, -0.25) is 0 Å². The van der Waals surface area contributed by atoms with Crippen molar-refractivity contribution in [1.29, 1.82) is 0 Å². The van der Waals surface area contributed by atoms with E-state index in [1.54, 1.807) is 0 Å². The van der Waals surface area contributed by atoms with Gasteiger partial charge < -0.3 is 5.73 Å². The molecule has 1 saturated carbocycles. The van der Waals surface area contributed by atoms with Crippen LogP contribution >= 0.6 is 11.6 Å². The Balaban J connectivity index is 2.09. The molecule has 0 bridgehead atoms. The van der Waals surface area contributed by atoms with Gasteiger partial charge >= 0.3 is 0 Å². The van der Waals surface area contributed by atoms with Gasteiger partial charge in [-0.2, -0.15) is 0 Å². The lowest BCUT2D eigenvalue weighted by Crippen LogP contribution is -2.17. The van der Waals surface area contributed by atoms with Gasteiger partial charge in [-0.05, 0) is 49.3 Å². The van der Waals surface area contributed by atoms with Crippen LogP contribution in [0, 0.1) is 0 Å². The van der Waals surface area contributed by atoms with E-state index in [9.17, 15) is 0 Å². The molecule has 2 heteroatoms. The normalized spacial score (nSPS) is 27.3. The standard InChI is InChI=1S/C13H18ClN/c14-12-5-1-4-11(9-12)10-3-2-6-13(15)8-7-10/h1,4-5,9-10,13H,2-3,6-8,15H2. The van der Waals surface area contributed by atoms with Crippen molar-refractivity contribution in [2.45, 2.75) is 44.1 Å². The first-order chi connectivity index (χ1) is 7.25. The lowest BCUT2D eigenvalue weighted by Gasteiger charge is -2.14. The summed E-state index contributed by atoms with van der Waals surface area (Å²) in [4.78, 5) is 0. The highest BCUT2D eigenvalue weighted by Crippen LogP contribution is 2.32. The average Bonchev–Trinajstić information content (AvgIpc) is 2.43. The Hall–Kier alpha value is -0.530. The fourth-order valence-corrected chi connectivity index (χ4v) is 2.62. The highest BCUT2D eigenvalue weighted by atomic mass is 35.5. The third-order valence-electron chi connectivity index (χ3n) is 3.33. The third kappa shape index (κ3) is 2.96. The summed E-state index contributed by atoms with van der Waals surface area (Å²) in [5.74, 6) is 0.664. The van der Waals surface area contributed by atoms with E-state index in [1.165, 1.54) is 31.2 Å². The maximum atomic E-state index is 6.01. The monoisotopic (exact) mass is 223 g/mol. The predicted octanol–water partition coefficient (Wildman–Crippen LogP) is 3.72. The number of nitrogens with two attached hydrogens (primary N) is 1. The molecule has 15 heavy (non-hydrogen) atoms. The highest BCUT2D eigenvalue weighted by Gasteiger charge is 2.17. The van der Waals surface area contributed by atoms with Crippen molar-refractivity contribution in [3.63, 3.8) is 0 Å². The van der Waals surface area contributed by atoms with Crippen LogP contribution in [-0.2, 0) is 0 Å². The highest BCUT2D eigenvalue weighted by molar-refractivity contribution is 6.30. The van der Waals surface area contributed by atoms with Crippen molar-refractivity contribution in [2.24, 2.45) is 5.73 Å². The van der Waals surface area contributed by atoms with Gasteiger partial charge in [0, 0.05) is 11.1 Å². The van der Waals surface area contributed by atoms with Crippen LogP contribution in [0.5, 0.6) is 0 Å². The molecular formula is C13H18ClN. The summed E-state index contributed by atoms with van der Waals surface area (Å²) in [5, 5.41) is 0.848. The number of benzene rings is 1. The van der Waals surface area contributed by atoms with Crippen molar-refractivity contribution in [3.8, 4) is 0 Å². The van der Waals surface area contributed by atoms with Crippen LogP contribution in [0.25, 0.3) is 0 Å². The molecule has 1 aromatic carbocycles. The molecule has 1 fully saturated rings. The van der Waals surface area contributed by atoms with Gasteiger partial charge in [0.25, 0.3) is 0 Å². The van der Waals surface area contributed by atoms with Gasteiger partial charge in [0.2, 0.25) is 0 Å². The van der Waals surface area contributed by atoms with Crippen molar-refractivity contribution >= 4 is 11.6 Å². The molecule has 1 nitrogen and oxygen atoms in total. The molecule has 0 amide bonds. The molecule has 2 rings (SSSR count). The Morgan fingerprint density at radius 3 is 2.80 bits per heavy atom. The van der Waals surface area contributed by atoms with Gasteiger partial charge in [-0.25, -0.2) is 0 Å². The Labute approximate surface area is 96.6 Å². The zero-order valence-electron chi connectivity index (χ0n) is 8.95. The Bertz CT molecular complexity index is 324. The smallest absolute Gasteiger partial charge is 0.0408 e. The minimum atomic E-state index is 0.411. The van der Waals surface area contributed by atoms with Crippen LogP contribution in [0.1, 0.15) is 43.6 Å². The fraction of sp³-hybridized carbons (Fsp3) is 0.538. The fourth-order valence-electron chi connectivity index (χ4n) is 2.42. The minimum Gasteiger partial charge on any atom is -0.328 e. The average molecular weight is 224 g/mol. The molecule has 2 atom stereocenters. The van der Waals surface area contributed by atoms with E-state index >= 15 is 0 Å². The second kappa shape index (κ2) is 5.00. The summed E-state index contributed by atoms with van der Waals surface area (Å²) in [7, 11) is 0. The number of hydrogen-bond donors (Lipinski definition) is 1. The minimum absolute atomic E-state index is 0.411. The molecule has 1 aromatic rings. The van der Waals surface area contributed by atoms with Crippen molar-refractivity contribution in [1.82, 2.24) is 0 Å². The molecule has 0 radical (unpaired) electrons. The molecule has 2 N–H and O–H groups in total. The summed E-state index contributed by atoms with van der Waals surface area (Å²) in [6.07, 6.45) is 6.04. The van der Waals surface area contributed by atoms with Crippen LogP contribution in [0.15, 0.2) is 24.3 Å². The van der Waals surface area contributed by atoms with Gasteiger partial charge in [0.15, 0.2) is 0 Å². The Morgan fingerprint density at radius 1 is 1.13 bits per heavy atom. The maximum absolute atomic E-state index is 6.01. The van der Waals surface area contributed by atoms with Gasteiger partial charge in [-0.1, -0.05) is 30.2 Å². The molecular weight excluding hydrogens is 206 g/mol. The second-order valence-electron chi connectivity index (χ2n) is 4.52. The van der Waals surface area contributed by atoms with Crippen LogP contribution < -0.4 is 5.73 Å². The van der Waals surface area contributed by atoms with E-state index in [1.807, 2.05) is 12.1 Å². The van der Waals surface area contributed by atoms with E-state index in [4.69, 9.17) is 17.3 Å². The van der Waals surface area contributed by atoms with Crippen LogP contribution in [0.4, 0.5) is 0 Å². The van der Waals surface area contributed by atoms with E-state index in [0.717, 1.165) is 11.4 Å². The molecule has 2 unspecified atom stereocenters. The summed E-state index contributed by atoms with van der Waals surface area (Å²) >= 11 is 6.01. The van der Waals surface area contributed by atoms with Gasteiger partial charge in [-0.15, -0.1) is 0 Å². The molecule has 82 valence electrons. The Morgan fingerprint density at radius 2 is 2.00 bits per heavy atom. The van der Waals surface area contributed by atoms with Crippen molar-refractivity contribution < 1.29 is 0 Å². The molecule has 0 saturated heterocycles.